The monoisotopic (exact) mass is 277 g/mol. The lowest BCUT2D eigenvalue weighted by Crippen LogP contribution is -2.29. The number of hydrogen-bond donors (Lipinski definition) is 2. The first-order valence-corrected chi connectivity index (χ1v) is 5.95. The first-order valence-electron chi connectivity index (χ1n) is 5.95. The lowest BCUT2D eigenvalue weighted by Gasteiger charge is -2.24. The topological polar surface area (TPSA) is 67.1 Å². The van der Waals surface area contributed by atoms with Gasteiger partial charge in [0.25, 0.3) is 0 Å². The summed E-state index contributed by atoms with van der Waals surface area (Å²) in [6.07, 6.45) is -4.53. The maximum absolute atomic E-state index is 12.7. The lowest BCUT2D eigenvalue weighted by atomic mass is 10.2. The molecule has 108 valence electrons. The van der Waals surface area contributed by atoms with Crippen LogP contribution in [-0.4, -0.2) is 23.1 Å². The molecule has 0 aliphatic rings. The minimum absolute atomic E-state index is 0.214. The molecule has 0 fully saturated rings. The second kappa shape index (κ2) is 6.05. The Kier molecular flexibility index (Phi) is 4.93. The van der Waals surface area contributed by atoms with E-state index in [1.54, 1.807) is 4.90 Å². The molecule has 0 aliphatic carbocycles. The van der Waals surface area contributed by atoms with Gasteiger partial charge in [-0.1, -0.05) is 13.8 Å². The third kappa shape index (κ3) is 4.23. The van der Waals surface area contributed by atoms with Crippen molar-refractivity contribution in [1.29, 1.82) is 0 Å². The number of nitrogen functional groups attached to an aromatic ring is 1. The number of halogens is 3. The molecule has 0 aliphatic heterocycles. The van der Waals surface area contributed by atoms with Crippen LogP contribution in [-0.2, 0) is 6.18 Å². The van der Waals surface area contributed by atoms with Crippen LogP contribution in [0.1, 0.15) is 26.5 Å². The summed E-state index contributed by atoms with van der Waals surface area (Å²) in [6, 6.07) is 0.937. The van der Waals surface area contributed by atoms with Crippen molar-refractivity contribution >= 4 is 11.8 Å². The van der Waals surface area contributed by atoms with Crippen molar-refractivity contribution in [2.45, 2.75) is 26.9 Å². The van der Waals surface area contributed by atoms with E-state index in [1.165, 1.54) is 0 Å². The number of aromatic nitrogens is 2. The zero-order chi connectivity index (χ0) is 14.6. The minimum Gasteiger partial charge on any atom is -0.356 e. The number of hydrogen-bond acceptors (Lipinski definition) is 5. The lowest BCUT2D eigenvalue weighted by molar-refractivity contribution is -0.141. The number of hydrazine groups is 1. The second-order valence-corrected chi connectivity index (χ2v) is 4.51. The number of rotatable bonds is 5. The zero-order valence-electron chi connectivity index (χ0n) is 11.1. The van der Waals surface area contributed by atoms with E-state index in [2.05, 4.69) is 15.4 Å². The third-order valence-corrected chi connectivity index (χ3v) is 2.42. The fraction of sp³-hybridized carbons (Fsp3) is 0.636. The Hall–Kier alpha value is -1.57. The van der Waals surface area contributed by atoms with E-state index in [4.69, 9.17) is 5.84 Å². The summed E-state index contributed by atoms with van der Waals surface area (Å²) in [5.74, 6) is 5.39. The fourth-order valence-electron chi connectivity index (χ4n) is 1.63. The third-order valence-electron chi connectivity index (χ3n) is 2.42. The van der Waals surface area contributed by atoms with E-state index in [9.17, 15) is 13.2 Å². The van der Waals surface area contributed by atoms with Gasteiger partial charge in [0, 0.05) is 19.2 Å². The average Bonchev–Trinajstić information content (AvgIpc) is 2.34. The summed E-state index contributed by atoms with van der Waals surface area (Å²) in [5, 5.41) is 0. The molecule has 0 saturated heterocycles. The smallest absolute Gasteiger partial charge is 0.356 e. The Bertz CT molecular complexity index is 419. The standard InChI is InChI=1S/C11H18F3N5/c1-4-19(6-7(2)3)9-5-8(11(12,13)14)16-10(17-9)18-15/h5,7H,4,6,15H2,1-3H3,(H,16,17,18). The fourth-order valence-corrected chi connectivity index (χ4v) is 1.63. The molecule has 0 bridgehead atoms. The predicted octanol–water partition coefficient (Wildman–Crippen LogP) is 2.26. The molecule has 8 heteroatoms. The molecule has 0 spiro atoms. The maximum atomic E-state index is 12.7. The molecule has 0 unspecified atom stereocenters. The Labute approximate surface area is 110 Å². The summed E-state index contributed by atoms with van der Waals surface area (Å²) >= 11 is 0. The summed E-state index contributed by atoms with van der Waals surface area (Å²) < 4.78 is 38.2. The van der Waals surface area contributed by atoms with Crippen molar-refractivity contribution in [3.05, 3.63) is 11.8 Å². The van der Waals surface area contributed by atoms with E-state index in [0.29, 0.717) is 19.0 Å². The Morgan fingerprint density at radius 3 is 2.42 bits per heavy atom. The molecule has 0 atom stereocenters. The molecule has 1 rings (SSSR count). The molecule has 5 nitrogen and oxygen atoms in total. The zero-order valence-corrected chi connectivity index (χ0v) is 11.1. The van der Waals surface area contributed by atoms with Crippen molar-refractivity contribution in [2.24, 2.45) is 11.8 Å². The van der Waals surface area contributed by atoms with Crippen LogP contribution in [0.25, 0.3) is 0 Å². The van der Waals surface area contributed by atoms with E-state index < -0.39 is 11.9 Å². The summed E-state index contributed by atoms with van der Waals surface area (Å²) in [6.45, 7) is 6.98. The minimum atomic E-state index is -4.53. The molecule has 1 aromatic heterocycles. The van der Waals surface area contributed by atoms with Gasteiger partial charge in [0.2, 0.25) is 5.95 Å². The van der Waals surface area contributed by atoms with Crippen LogP contribution in [0.3, 0.4) is 0 Å². The Morgan fingerprint density at radius 2 is 2.00 bits per heavy atom. The van der Waals surface area contributed by atoms with E-state index in [0.717, 1.165) is 6.07 Å². The van der Waals surface area contributed by atoms with Crippen LogP contribution < -0.4 is 16.2 Å². The highest BCUT2D eigenvalue weighted by molar-refractivity contribution is 5.45. The van der Waals surface area contributed by atoms with Crippen LogP contribution in [0.2, 0.25) is 0 Å². The Balaban J connectivity index is 3.18. The van der Waals surface area contributed by atoms with Gasteiger partial charge in [-0.2, -0.15) is 18.2 Å². The number of anilines is 2. The van der Waals surface area contributed by atoms with Gasteiger partial charge in [-0.3, -0.25) is 5.43 Å². The van der Waals surface area contributed by atoms with Crippen molar-refractivity contribution in [1.82, 2.24) is 9.97 Å². The van der Waals surface area contributed by atoms with Crippen LogP contribution >= 0.6 is 0 Å². The first-order chi connectivity index (χ1) is 8.77. The normalized spacial score (nSPS) is 11.8. The molecule has 3 N–H and O–H groups in total. The van der Waals surface area contributed by atoms with Gasteiger partial charge in [0.1, 0.15) is 5.82 Å². The van der Waals surface area contributed by atoms with E-state index in [-0.39, 0.29) is 11.8 Å². The van der Waals surface area contributed by atoms with Crippen LogP contribution in [0.15, 0.2) is 6.07 Å². The number of nitrogens with two attached hydrogens (primary N) is 1. The highest BCUT2D eigenvalue weighted by atomic mass is 19.4. The van der Waals surface area contributed by atoms with Crippen LogP contribution in [0.5, 0.6) is 0 Å². The molecule has 0 saturated carbocycles. The SMILES string of the molecule is CCN(CC(C)C)c1cc(C(F)(F)F)nc(NN)n1. The molecule has 1 heterocycles. The number of nitrogens with zero attached hydrogens (tertiary/aromatic N) is 3. The van der Waals surface area contributed by atoms with Gasteiger partial charge in [0.05, 0.1) is 0 Å². The summed E-state index contributed by atoms with van der Waals surface area (Å²) in [7, 11) is 0. The number of alkyl halides is 3. The van der Waals surface area contributed by atoms with E-state index >= 15 is 0 Å². The van der Waals surface area contributed by atoms with Gasteiger partial charge < -0.3 is 4.90 Å². The first kappa shape index (κ1) is 15.5. The van der Waals surface area contributed by atoms with Crippen molar-refractivity contribution in [3.8, 4) is 0 Å². The summed E-state index contributed by atoms with van der Waals surface area (Å²) in [4.78, 5) is 9.04. The molecule has 19 heavy (non-hydrogen) atoms. The second-order valence-electron chi connectivity index (χ2n) is 4.51. The molecule has 1 aromatic rings. The quantitative estimate of drug-likeness (QED) is 0.638. The van der Waals surface area contributed by atoms with Gasteiger partial charge in [-0.15, -0.1) is 0 Å². The highest BCUT2D eigenvalue weighted by Crippen LogP contribution is 2.30. The van der Waals surface area contributed by atoms with Crippen molar-refractivity contribution < 1.29 is 13.2 Å². The van der Waals surface area contributed by atoms with Gasteiger partial charge >= 0.3 is 6.18 Å². The van der Waals surface area contributed by atoms with Gasteiger partial charge in [-0.25, -0.2) is 10.8 Å². The highest BCUT2D eigenvalue weighted by Gasteiger charge is 2.34. The molecule has 0 radical (unpaired) electrons. The largest absolute Gasteiger partial charge is 0.433 e. The molecular weight excluding hydrogens is 259 g/mol. The molecule has 0 amide bonds. The van der Waals surface area contributed by atoms with Gasteiger partial charge in [0.15, 0.2) is 5.69 Å². The van der Waals surface area contributed by atoms with Crippen molar-refractivity contribution in [2.75, 3.05) is 23.4 Å². The summed E-state index contributed by atoms with van der Waals surface area (Å²) in [5.41, 5.74) is 1.06. The molecular formula is C11H18F3N5. The molecule has 0 aromatic carbocycles. The van der Waals surface area contributed by atoms with E-state index in [1.807, 2.05) is 20.8 Å². The number of nitrogens with one attached hydrogen (secondary N) is 1. The van der Waals surface area contributed by atoms with Crippen molar-refractivity contribution in [3.63, 3.8) is 0 Å². The maximum Gasteiger partial charge on any atom is 0.433 e. The van der Waals surface area contributed by atoms with Crippen LogP contribution in [0, 0.1) is 5.92 Å². The van der Waals surface area contributed by atoms with Gasteiger partial charge in [-0.05, 0) is 12.8 Å². The predicted molar refractivity (Wildman–Crippen MR) is 67.6 cm³/mol. The average molecular weight is 277 g/mol. The Morgan fingerprint density at radius 1 is 1.37 bits per heavy atom. The van der Waals surface area contributed by atoms with Crippen LogP contribution in [0.4, 0.5) is 24.9 Å².